The van der Waals surface area contributed by atoms with Gasteiger partial charge >= 0.3 is 0 Å². The smallest absolute Gasteiger partial charge is 0.269 e. The van der Waals surface area contributed by atoms with Crippen molar-refractivity contribution in [2.45, 2.75) is 13.0 Å². The number of nitrogens with one attached hydrogen (secondary N) is 1. The predicted octanol–water partition coefficient (Wildman–Crippen LogP) is 1.50. The van der Waals surface area contributed by atoms with Gasteiger partial charge < -0.3 is 9.15 Å². The number of fused-ring (bicyclic) bond motifs is 1. The Morgan fingerprint density at radius 3 is 2.90 bits per heavy atom. The Balaban J connectivity index is 2.24. The predicted molar refractivity (Wildman–Crippen MR) is 80.7 cm³/mol. The summed E-state index contributed by atoms with van der Waals surface area (Å²) < 4.78 is 10.8. The van der Waals surface area contributed by atoms with Crippen molar-refractivity contribution in [3.8, 4) is 0 Å². The van der Waals surface area contributed by atoms with Gasteiger partial charge in [0.25, 0.3) is 5.91 Å². The fourth-order valence-corrected chi connectivity index (χ4v) is 2.33. The van der Waals surface area contributed by atoms with E-state index in [1.165, 1.54) is 0 Å². The normalized spacial score (nSPS) is 11.2. The van der Waals surface area contributed by atoms with Crippen LogP contribution in [0.4, 0.5) is 0 Å². The van der Waals surface area contributed by atoms with E-state index in [4.69, 9.17) is 15.0 Å². The molecule has 1 heterocycles. The van der Waals surface area contributed by atoms with Gasteiger partial charge in [-0.05, 0) is 19.5 Å². The average molecular weight is 291 g/mol. The molecule has 2 aromatic rings. The van der Waals surface area contributed by atoms with Crippen LogP contribution in [0.1, 0.15) is 22.5 Å². The van der Waals surface area contributed by atoms with E-state index in [0.29, 0.717) is 30.1 Å². The maximum Gasteiger partial charge on any atom is 0.269 e. The van der Waals surface area contributed by atoms with Crippen molar-refractivity contribution in [1.82, 2.24) is 10.3 Å². The molecule has 0 aliphatic heterocycles. The van der Waals surface area contributed by atoms with Crippen molar-refractivity contribution in [3.05, 3.63) is 35.6 Å². The third-order valence-electron chi connectivity index (χ3n) is 3.33. The first-order valence-corrected chi connectivity index (χ1v) is 6.86. The van der Waals surface area contributed by atoms with E-state index in [1.807, 2.05) is 31.3 Å². The molecule has 1 amide bonds. The van der Waals surface area contributed by atoms with Gasteiger partial charge in [0, 0.05) is 25.6 Å². The van der Waals surface area contributed by atoms with Gasteiger partial charge in [-0.2, -0.15) is 0 Å². The van der Waals surface area contributed by atoms with Gasteiger partial charge in [0.15, 0.2) is 0 Å². The molecule has 6 heteroatoms. The number of carbonyl (C=O) groups excluding carboxylic acids is 1. The molecule has 6 nitrogen and oxygen atoms in total. The zero-order valence-electron chi connectivity index (χ0n) is 12.4. The number of nitrogens with zero attached hydrogens (tertiary/aromatic N) is 1. The summed E-state index contributed by atoms with van der Waals surface area (Å²) in [6.45, 7) is 2.11. The zero-order chi connectivity index (χ0) is 15.2. The second-order valence-electron chi connectivity index (χ2n) is 4.95. The summed E-state index contributed by atoms with van der Waals surface area (Å²) in [6, 6.07) is 7.45. The summed E-state index contributed by atoms with van der Waals surface area (Å²) in [6.07, 6.45) is 0.922. The molecule has 114 valence electrons. The lowest BCUT2D eigenvalue weighted by molar-refractivity contribution is 0.0951. The molecule has 3 N–H and O–H groups in total. The molecule has 0 aliphatic carbocycles. The maximum atomic E-state index is 12.0. The number of nitrogen functional groups attached to an aromatic ring is 1. The molecule has 21 heavy (non-hydrogen) atoms. The van der Waals surface area contributed by atoms with Gasteiger partial charge in [0.05, 0.1) is 12.1 Å². The van der Waals surface area contributed by atoms with Crippen molar-refractivity contribution in [3.63, 3.8) is 0 Å². The molecule has 0 saturated heterocycles. The number of hydrogen-bond donors (Lipinski definition) is 2. The fraction of sp³-hybridized carbons (Fsp3) is 0.400. The van der Waals surface area contributed by atoms with Crippen LogP contribution in [0, 0.1) is 0 Å². The minimum atomic E-state index is -0.333. The maximum absolute atomic E-state index is 12.0. The molecular weight excluding hydrogens is 270 g/mol. The van der Waals surface area contributed by atoms with Crippen LogP contribution in [0.15, 0.2) is 28.7 Å². The number of rotatable bonds is 7. The topological polar surface area (TPSA) is 80.7 Å². The Kier molecular flexibility index (Phi) is 5.32. The Morgan fingerprint density at radius 2 is 2.19 bits per heavy atom. The molecular formula is C15H21N3O3. The minimum Gasteiger partial charge on any atom is -0.459 e. The van der Waals surface area contributed by atoms with Crippen LogP contribution in [0.25, 0.3) is 11.0 Å². The number of carbonyl (C=O) groups is 1. The van der Waals surface area contributed by atoms with Crippen LogP contribution in [-0.2, 0) is 11.3 Å². The molecule has 0 saturated carbocycles. The van der Waals surface area contributed by atoms with Gasteiger partial charge in [0.2, 0.25) is 0 Å². The molecule has 1 aromatic carbocycles. The van der Waals surface area contributed by atoms with E-state index < -0.39 is 0 Å². The summed E-state index contributed by atoms with van der Waals surface area (Å²) in [5.41, 5.74) is 3.39. The molecule has 1 aromatic heterocycles. The van der Waals surface area contributed by atoms with Gasteiger partial charge in [-0.3, -0.25) is 15.1 Å². The number of ether oxygens (including phenoxy) is 1. The van der Waals surface area contributed by atoms with Crippen molar-refractivity contribution in [1.29, 1.82) is 0 Å². The SMILES string of the molecule is COCCCN(C)Cc1oc2ccccc2c1C(=O)NN. The Labute approximate surface area is 123 Å². The molecule has 0 atom stereocenters. The number of para-hydroxylation sites is 1. The van der Waals surface area contributed by atoms with Crippen molar-refractivity contribution in [2.75, 3.05) is 27.3 Å². The quantitative estimate of drug-likeness (QED) is 0.350. The fourth-order valence-electron chi connectivity index (χ4n) is 2.33. The highest BCUT2D eigenvalue weighted by atomic mass is 16.5. The second kappa shape index (κ2) is 7.21. The molecule has 0 spiro atoms. The van der Waals surface area contributed by atoms with E-state index in [0.717, 1.165) is 18.4 Å². The first kappa shape index (κ1) is 15.5. The number of furan rings is 1. The highest BCUT2D eigenvalue weighted by molar-refractivity contribution is 6.07. The van der Waals surface area contributed by atoms with E-state index in [2.05, 4.69) is 10.3 Å². The molecule has 0 aliphatic rings. The monoisotopic (exact) mass is 291 g/mol. The van der Waals surface area contributed by atoms with E-state index in [1.54, 1.807) is 7.11 Å². The number of methoxy groups -OCH3 is 1. The summed E-state index contributed by atoms with van der Waals surface area (Å²) in [4.78, 5) is 14.1. The summed E-state index contributed by atoms with van der Waals surface area (Å²) >= 11 is 0. The largest absolute Gasteiger partial charge is 0.459 e. The van der Waals surface area contributed by atoms with E-state index >= 15 is 0 Å². The lowest BCUT2D eigenvalue weighted by Gasteiger charge is -2.15. The first-order chi connectivity index (χ1) is 10.2. The molecule has 2 rings (SSSR count). The lowest BCUT2D eigenvalue weighted by Crippen LogP contribution is -2.31. The number of benzene rings is 1. The van der Waals surface area contributed by atoms with Gasteiger partial charge in [-0.25, -0.2) is 5.84 Å². The summed E-state index contributed by atoms with van der Waals surface area (Å²) in [5, 5.41) is 0.778. The van der Waals surface area contributed by atoms with E-state index in [9.17, 15) is 4.79 Å². The van der Waals surface area contributed by atoms with Crippen LogP contribution in [0.5, 0.6) is 0 Å². The highest BCUT2D eigenvalue weighted by Gasteiger charge is 2.20. The molecule has 0 unspecified atom stereocenters. The lowest BCUT2D eigenvalue weighted by atomic mass is 10.1. The van der Waals surface area contributed by atoms with Gasteiger partial charge in [-0.1, -0.05) is 18.2 Å². The molecule has 0 fully saturated rings. The molecule has 0 bridgehead atoms. The Morgan fingerprint density at radius 1 is 1.43 bits per heavy atom. The minimum absolute atomic E-state index is 0.333. The number of hydrogen-bond acceptors (Lipinski definition) is 5. The summed E-state index contributed by atoms with van der Waals surface area (Å²) in [5.74, 6) is 5.57. The molecule has 0 radical (unpaired) electrons. The van der Waals surface area contributed by atoms with Crippen LogP contribution >= 0.6 is 0 Å². The highest BCUT2D eigenvalue weighted by Crippen LogP contribution is 2.26. The standard InChI is InChI=1S/C15H21N3O3/c1-18(8-5-9-20-2)10-13-14(15(19)17-16)11-6-3-4-7-12(11)21-13/h3-4,6-7H,5,8-10,16H2,1-2H3,(H,17,19). The Hall–Kier alpha value is -1.89. The van der Waals surface area contributed by atoms with Crippen molar-refractivity contribution >= 4 is 16.9 Å². The number of nitrogens with two attached hydrogens (primary N) is 1. The number of hydrazine groups is 1. The third-order valence-corrected chi connectivity index (χ3v) is 3.33. The average Bonchev–Trinajstić information content (AvgIpc) is 2.84. The van der Waals surface area contributed by atoms with Crippen LogP contribution in [0.3, 0.4) is 0 Å². The van der Waals surface area contributed by atoms with E-state index in [-0.39, 0.29) is 5.91 Å². The third kappa shape index (κ3) is 3.60. The van der Waals surface area contributed by atoms with Crippen LogP contribution in [-0.4, -0.2) is 38.1 Å². The summed E-state index contributed by atoms with van der Waals surface area (Å²) in [7, 11) is 3.66. The van der Waals surface area contributed by atoms with Crippen molar-refractivity contribution in [2.24, 2.45) is 5.84 Å². The first-order valence-electron chi connectivity index (χ1n) is 6.86. The number of amides is 1. The second-order valence-corrected chi connectivity index (χ2v) is 4.95. The zero-order valence-corrected chi connectivity index (χ0v) is 12.4. The Bertz CT molecular complexity index is 609. The van der Waals surface area contributed by atoms with Gasteiger partial charge in [-0.15, -0.1) is 0 Å². The van der Waals surface area contributed by atoms with Crippen molar-refractivity contribution < 1.29 is 13.9 Å². The van der Waals surface area contributed by atoms with Crippen LogP contribution in [0.2, 0.25) is 0 Å². The van der Waals surface area contributed by atoms with Gasteiger partial charge in [0.1, 0.15) is 11.3 Å². The van der Waals surface area contributed by atoms with Crippen LogP contribution < -0.4 is 11.3 Å².